The standard InChI is InChI=1S/2C15H15NO2/c1-18-14-10-6-5-9-13(14)11-16-15(17)12-7-3-2-4-8-12;1-18-14-9-7-12(8-10-14)11-16-15(17)13-5-3-2-4-6-13/h2*2-10H,11H2,1H3,(H,16,17). The molecule has 0 aliphatic heterocycles. The van der Waals surface area contributed by atoms with Gasteiger partial charge >= 0.3 is 0 Å². The van der Waals surface area contributed by atoms with E-state index in [2.05, 4.69) is 10.6 Å². The molecule has 0 atom stereocenters. The van der Waals surface area contributed by atoms with Crippen LogP contribution in [0.4, 0.5) is 0 Å². The quantitative estimate of drug-likeness (QED) is 0.360. The Hall–Kier alpha value is -4.58. The molecule has 0 aliphatic carbocycles. The second-order valence-electron chi connectivity index (χ2n) is 7.76. The smallest absolute Gasteiger partial charge is 0.251 e. The van der Waals surface area contributed by atoms with Gasteiger partial charge in [0.15, 0.2) is 0 Å². The van der Waals surface area contributed by atoms with Gasteiger partial charge in [-0.15, -0.1) is 0 Å². The number of ether oxygens (including phenoxy) is 2. The molecule has 4 rings (SSSR count). The summed E-state index contributed by atoms with van der Waals surface area (Å²) < 4.78 is 10.3. The molecule has 36 heavy (non-hydrogen) atoms. The lowest BCUT2D eigenvalue weighted by Gasteiger charge is -2.09. The Morgan fingerprint density at radius 1 is 0.583 bits per heavy atom. The van der Waals surface area contributed by atoms with Crippen molar-refractivity contribution >= 4 is 11.8 Å². The van der Waals surface area contributed by atoms with Gasteiger partial charge in [-0.05, 0) is 48.0 Å². The van der Waals surface area contributed by atoms with E-state index in [0.29, 0.717) is 24.2 Å². The van der Waals surface area contributed by atoms with Crippen LogP contribution >= 0.6 is 0 Å². The van der Waals surface area contributed by atoms with Gasteiger partial charge in [-0.2, -0.15) is 0 Å². The molecule has 0 bridgehead atoms. The number of hydrogen-bond donors (Lipinski definition) is 2. The van der Waals surface area contributed by atoms with E-state index in [1.54, 1.807) is 38.5 Å². The molecule has 0 heterocycles. The molecule has 0 saturated heterocycles. The van der Waals surface area contributed by atoms with Crippen LogP contribution in [0.1, 0.15) is 31.8 Å². The van der Waals surface area contributed by atoms with E-state index >= 15 is 0 Å². The Morgan fingerprint density at radius 3 is 1.61 bits per heavy atom. The van der Waals surface area contributed by atoms with Gasteiger partial charge in [0.2, 0.25) is 0 Å². The lowest BCUT2D eigenvalue weighted by molar-refractivity contribution is 0.0942. The Bertz CT molecular complexity index is 1230. The number of nitrogens with one attached hydrogen (secondary N) is 2. The second-order valence-corrected chi connectivity index (χ2v) is 7.76. The van der Waals surface area contributed by atoms with Crippen LogP contribution in [0.3, 0.4) is 0 Å². The fourth-order valence-electron chi connectivity index (χ4n) is 3.33. The van der Waals surface area contributed by atoms with E-state index in [-0.39, 0.29) is 11.8 Å². The summed E-state index contributed by atoms with van der Waals surface area (Å²) in [7, 11) is 3.25. The number of carbonyl (C=O) groups excluding carboxylic acids is 2. The number of carbonyl (C=O) groups is 2. The molecule has 0 aliphatic rings. The maximum Gasteiger partial charge on any atom is 0.251 e. The van der Waals surface area contributed by atoms with Crippen molar-refractivity contribution in [3.8, 4) is 11.5 Å². The van der Waals surface area contributed by atoms with E-state index in [0.717, 1.165) is 22.6 Å². The first-order valence-electron chi connectivity index (χ1n) is 11.5. The number of benzene rings is 4. The molecule has 2 amide bonds. The van der Waals surface area contributed by atoms with Crippen LogP contribution in [-0.2, 0) is 13.1 Å². The number of rotatable bonds is 8. The van der Waals surface area contributed by atoms with Crippen molar-refractivity contribution in [2.45, 2.75) is 13.1 Å². The minimum absolute atomic E-state index is 0.0635. The monoisotopic (exact) mass is 482 g/mol. The zero-order chi connectivity index (χ0) is 25.6. The fourth-order valence-corrected chi connectivity index (χ4v) is 3.33. The minimum atomic E-state index is -0.0819. The molecule has 6 nitrogen and oxygen atoms in total. The maximum atomic E-state index is 11.9. The molecule has 0 fully saturated rings. The summed E-state index contributed by atoms with van der Waals surface area (Å²) in [6, 6.07) is 33.6. The number of amides is 2. The van der Waals surface area contributed by atoms with Gasteiger partial charge in [0.05, 0.1) is 14.2 Å². The largest absolute Gasteiger partial charge is 0.497 e. The topological polar surface area (TPSA) is 76.7 Å². The molecule has 184 valence electrons. The van der Waals surface area contributed by atoms with E-state index in [4.69, 9.17) is 9.47 Å². The Kier molecular flexibility index (Phi) is 10.1. The predicted molar refractivity (Wildman–Crippen MR) is 141 cm³/mol. The normalized spacial score (nSPS) is 9.83. The van der Waals surface area contributed by atoms with E-state index < -0.39 is 0 Å². The molecule has 2 N–H and O–H groups in total. The zero-order valence-corrected chi connectivity index (χ0v) is 20.4. The maximum absolute atomic E-state index is 11.9. The first kappa shape index (κ1) is 26.0. The lowest BCUT2D eigenvalue weighted by atomic mass is 10.2. The van der Waals surface area contributed by atoms with Crippen LogP contribution < -0.4 is 20.1 Å². The molecule has 4 aromatic rings. The Balaban J connectivity index is 0.000000201. The van der Waals surface area contributed by atoms with E-state index in [9.17, 15) is 9.59 Å². The van der Waals surface area contributed by atoms with Crippen molar-refractivity contribution in [1.82, 2.24) is 10.6 Å². The fraction of sp³-hybridized carbons (Fsp3) is 0.133. The molecule has 0 spiro atoms. The van der Waals surface area contributed by atoms with Crippen molar-refractivity contribution in [1.29, 1.82) is 0 Å². The third-order valence-corrected chi connectivity index (χ3v) is 5.32. The highest BCUT2D eigenvalue weighted by molar-refractivity contribution is 5.94. The van der Waals surface area contributed by atoms with Crippen LogP contribution in [0.5, 0.6) is 11.5 Å². The van der Waals surface area contributed by atoms with Gasteiger partial charge in [0.1, 0.15) is 11.5 Å². The number of hydrogen-bond acceptors (Lipinski definition) is 4. The van der Waals surface area contributed by atoms with Crippen molar-refractivity contribution in [3.05, 3.63) is 131 Å². The van der Waals surface area contributed by atoms with Crippen molar-refractivity contribution < 1.29 is 19.1 Å². The molecule has 0 unspecified atom stereocenters. The summed E-state index contributed by atoms with van der Waals surface area (Å²) in [5.74, 6) is 1.45. The molecular weight excluding hydrogens is 452 g/mol. The minimum Gasteiger partial charge on any atom is -0.497 e. The van der Waals surface area contributed by atoms with Gasteiger partial charge in [0.25, 0.3) is 11.8 Å². The van der Waals surface area contributed by atoms with Crippen molar-refractivity contribution in [2.75, 3.05) is 14.2 Å². The average Bonchev–Trinajstić information content (AvgIpc) is 2.96. The molecule has 0 saturated carbocycles. The highest BCUT2D eigenvalue weighted by atomic mass is 16.5. The summed E-state index contributed by atoms with van der Waals surface area (Å²) in [6.07, 6.45) is 0. The van der Waals surface area contributed by atoms with Crippen LogP contribution in [0.15, 0.2) is 109 Å². The van der Waals surface area contributed by atoms with Crippen molar-refractivity contribution in [2.24, 2.45) is 0 Å². The second kappa shape index (κ2) is 14.0. The molecular formula is C30H30N2O4. The first-order valence-corrected chi connectivity index (χ1v) is 11.5. The number of para-hydroxylation sites is 1. The summed E-state index contributed by atoms with van der Waals surface area (Å²) in [6.45, 7) is 0.968. The van der Waals surface area contributed by atoms with Gasteiger partial charge in [-0.25, -0.2) is 0 Å². The summed E-state index contributed by atoms with van der Waals surface area (Å²) in [4.78, 5) is 23.7. The predicted octanol–water partition coefficient (Wildman–Crippen LogP) is 5.25. The van der Waals surface area contributed by atoms with Crippen LogP contribution in [-0.4, -0.2) is 26.0 Å². The molecule has 0 aromatic heterocycles. The van der Waals surface area contributed by atoms with Gasteiger partial charge in [-0.1, -0.05) is 66.7 Å². The highest BCUT2D eigenvalue weighted by Gasteiger charge is 2.06. The third kappa shape index (κ3) is 8.02. The van der Waals surface area contributed by atoms with Crippen LogP contribution in [0.2, 0.25) is 0 Å². The van der Waals surface area contributed by atoms with Gasteiger partial charge < -0.3 is 20.1 Å². The summed E-state index contributed by atoms with van der Waals surface area (Å²) >= 11 is 0. The van der Waals surface area contributed by atoms with Gasteiger partial charge in [-0.3, -0.25) is 9.59 Å². The van der Waals surface area contributed by atoms with Gasteiger partial charge in [0, 0.05) is 29.8 Å². The third-order valence-electron chi connectivity index (χ3n) is 5.32. The zero-order valence-electron chi connectivity index (χ0n) is 20.4. The average molecular weight is 483 g/mol. The molecule has 0 radical (unpaired) electrons. The molecule has 6 heteroatoms. The Labute approximate surface area is 211 Å². The first-order chi connectivity index (χ1) is 17.6. The summed E-state index contributed by atoms with van der Waals surface area (Å²) in [5.41, 5.74) is 3.34. The van der Waals surface area contributed by atoms with Crippen molar-refractivity contribution in [3.63, 3.8) is 0 Å². The SMILES string of the molecule is COc1ccc(CNC(=O)c2ccccc2)cc1.COc1ccccc1CNC(=O)c1ccccc1. The lowest BCUT2D eigenvalue weighted by Crippen LogP contribution is -2.22. The molecule has 4 aromatic carbocycles. The van der Waals surface area contributed by atoms with Crippen LogP contribution in [0.25, 0.3) is 0 Å². The van der Waals surface area contributed by atoms with E-state index in [1.165, 1.54) is 0 Å². The van der Waals surface area contributed by atoms with Crippen LogP contribution in [0, 0.1) is 0 Å². The summed E-state index contributed by atoms with van der Waals surface area (Å²) in [5, 5.41) is 5.74. The Morgan fingerprint density at radius 2 is 1.08 bits per heavy atom. The number of methoxy groups -OCH3 is 2. The van der Waals surface area contributed by atoms with E-state index in [1.807, 2.05) is 84.9 Å². The highest BCUT2D eigenvalue weighted by Crippen LogP contribution is 2.17.